The Balaban J connectivity index is 0.000000140. The Bertz CT molecular complexity index is 2410. The molecule has 0 amide bonds. The summed E-state index contributed by atoms with van der Waals surface area (Å²) in [5.41, 5.74) is 16.8. The molecule has 60 heavy (non-hydrogen) atoms. The summed E-state index contributed by atoms with van der Waals surface area (Å²) in [7, 11) is 0. The first kappa shape index (κ1) is 44.4. The zero-order chi connectivity index (χ0) is 42.3. The molecule has 8 aromatic rings. The van der Waals surface area contributed by atoms with E-state index in [0.29, 0.717) is 0 Å². The summed E-state index contributed by atoms with van der Waals surface area (Å²) in [5.74, 6) is 0. The van der Waals surface area contributed by atoms with Gasteiger partial charge in [-0.3, -0.25) is 0 Å². The van der Waals surface area contributed by atoms with E-state index in [1.54, 1.807) is 0 Å². The van der Waals surface area contributed by atoms with E-state index < -0.39 is 0 Å². The molecule has 0 spiro atoms. The Labute approximate surface area is 375 Å². The second-order valence-corrected chi connectivity index (χ2v) is 18.8. The van der Waals surface area contributed by atoms with Crippen LogP contribution in [0.15, 0.2) is 182 Å². The summed E-state index contributed by atoms with van der Waals surface area (Å²) in [6, 6.07) is 68.8. The maximum Gasteiger partial charge on any atom is -0.0238 e. The van der Waals surface area contributed by atoms with Crippen molar-refractivity contribution >= 4 is 14.0 Å². The van der Waals surface area contributed by atoms with E-state index in [1.807, 2.05) is 0 Å². The topological polar surface area (TPSA) is 0 Å². The monoisotopic (exact) mass is 948 g/mol. The van der Waals surface area contributed by atoms with Crippen LogP contribution in [-0.2, 0) is 55.0 Å². The van der Waals surface area contributed by atoms with E-state index in [9.17, 15) is 0 Å². The van der Waals surface area contributed by atoms with Crippen LogP contribution in [0.2, 0.25) is 0 Å². The molecule has 0 aliphatic heterocycles. The quantitative estimate of drug-likeness (QED) is 0.105. The van der Waals surface area contributed by atoms with Crippen molar-refractivity contribution in [2.45, 2.75) is 85.5 Å². The van der Waals surface area contributed by atoms with Gasteiger partial charge >= 0.3 is 150 Å². The summed E-state index contributed by atoms with van der Waals surface area (Å²) < 4.78 is 1.49. The molecule has 0 saturated heterocycles. The number of hydrogen-bond donors (Lipinski definition) is 0. The van der Waals surface area contributed by atoms with Gasteiger partial charge in [-0.25, -0.2) is 0 Å². The van der Waals surface area contributed by atoms with Crippen LogP contribution in [0.1, 0.15) is 96.2 Å². The van der Waals surface area contributed by atoms with Crippen LogP contribution in [0.5, 0.6) is 0 Å². The van der Waals surface area contributed by atoms with Gasteiger partial charge in [0.15, 0.2) is 0 Å². The van der Waals surface area contributed by atoms with Gasteiger partial charge in [-0.15, -0.1) is 40.8 Å². The van der Waals surface area contributed by atoms with Crippen molar-refractivity contribution < 1.29 is 23.9 Å². The van der Waals surface area contributed by atoms with E-state index in [1.165, 1.54) is 100 Å². The first-order valence-corrected chi connectivity index (χ1v) is 23.5. The molecule has 9 rings (SSSR count). The third-order valence-electron chi connectivity index (χ3n) is 11.1. The average Bonchev–Trinajstić information content (AvgIpc) is 3.90. The third kappa shape index (κ3) is 12.9. The molecule has 0 bridgehead atoms. The van der Waals surface area contributed by atoms with Gasteiger partial charge in [-0.05, 0) is 42.9 Å². The average molecular weight is 948 g/mol. The fourth-order valence-corrected chi connectivity index (χ4v) is 8.74. The Morgan fingerprint density at radius 2 is 1.17 bits per heavy atom. The van der Waals surface area contributed by atoms with Crippen LogP contribution in [0.4, 0.5) is 0 Å². The molecule has 0 saturated carbocycles. The molecule has 0 nitrogen and oxygen atoms in total. The summed E-state index contributed by atoms with van der Waals surface area (Å²) in [6.45, 7) is 13.3. The van der Waals surface area contributed by atoms with Crippen LogP contribution >= 0.6 is 0 Å². The summed E-state index contributed by atoms with van der Waals surface area (Å²) in [4.78, 5) is 0. The molecule has 8 aromatic carbocycles. The predicted molar refractivity (Wildman–Crippen MR) is 256 cm³/mol. The molecule has 0 N–H and O–H groups in total. The summed E-state index contributed by atoms with van der Waals surface area (Å²) in [6.07, 6.45) is 7.06. The van der Waals surface area contributed by atoms with Gasteiger partial charge in [-0.2, -0.15) is 41.3 Å². The second-order valence-electron chi connectivity index (χ2n) is 17.0. The minimum atomic E-state index is 0.227. The number of benzene rings is 7. The first-order chi connectivity index (χ1) is 29.1. The number of aryl methyl sites for hydroxylation is 5. The van der Waals surface area contributed by atoms with Gasteiger partial charge < -0.3 is 0 Å². The molecule has 0 heterocycles. The van der Waals surface area contributed by atoms with Gasteiger partial charge in [0.1, 0.15) is 0 Å². The smallest absolute Gasteiger partial charge is 0.0238 e. The van der Waals surface area contributed by atoms with Crippen molar-refractivity contribution in [2.24, 2.45) is 0 Å². The molecule has 0 atom stereocenters. The Morgan fingerprint density at radius 3 is 1.77 bits per heavy atom. The summed E-state index contributed by atoms with van der Waals surface area (Å²) >= 11 is 1.07. The maximum atomic E-state index is 3.45. The van der Waals surface area contributed by atoms with Crippen LogP contribution in [-0.4, -0.2) is 3.26 Å². The number of hydrogen-bond acceptors (Lipinski definition) is 0. The molecular formula is C59H60Hf. The fraction of sp³-hybridized carbons (Fsp3) is 0.220. The molecule has 1 aliphatic rings. The van der Waals surface area contributed by atoms with Crippen molar-refractivity contribution in [3.05, 3.63) is 244 Å². The number of rotatable bonds is 8. The van der Waals surface area contributed by atoms with Crippen molar-refractivity contribution in [1.82, 2.24) is 0 Å². The van der Waals surface area contributed by atoms with Crippen LogP contribution in [0.25, 0.3) is 21.9 Å². The van der Waals surface area contributed by atoms with Crippen molar-refractivity contribution in [3.63, 3.8) is 0 Å². The van der Waals surface area contributed by atoms with Gasteiger partial charge in [0.2, 0.25) is 0 Å². The Morgan fingerprint density at radius 1 is 0.600 bits per heavy atom. The summed E-state index contributed by atoms with van der Waals surface area (Å²) in [5, 5.41) is 2.66. The SMILES string of the molecule is CCCCc1ccc([C](=[Hf+2])c2ccc(C(C)(C)C)cc2)cc1.Cc1[c-]c2c(cc1)-c1ccc(C)cc1C2.c1ccc(CCc2ccccc2)cc1.c1ccc2[cH-]ccc2c1. The minimum Gasteiger partial charge on any atom is -0.176 e. The zero-order valence-electron chi connectivity index (χ0n) is 36.6. The van der Waals surface area contributed by atoms with Crippen LogP contribution < -0.4 is 0 Å². The zero-order valence-corrected chi connectivity index (χ0v) is 40.2. The third-order valence-corrected chi connectivity index (χ3v) is 13.2. The molecule has 0 fully saturated rings. The van der Waals surface area contributed by atoms with Crippen molar-refractivity contribution in [3.8, 4) is 11.1 Å². The molecule has 1 aliphatic carbocycles. The van der Waals surface area contributed by atoms with Crippen molar-refractivity contribution in [1.29, 1.82) is 0 Å². The Kier molecular flexibility index (Phi) is 16.3. The maximum absolute atomic E-state index is 3.45. The van der Waals surface area contributed by atoms with E-state index in [2.05, 4.69) is 230 Å². The second kappa shape index (κ2) is 21.9. The molecule has 1 heteroatoms. The van der Waals surface area contributed by atoms with Crippen molar-refractivity contribution in [2.75, 3.05) is 0 Å². The van der Waals surface area contributed by atoms with E-state index in [-0.39, 0.29) is 5.41 Å². The van der Waals surface area contributed by atoms with Crippen LogP contribution in [0, 0.1) is 19.9 Å². The number of unbranched alkanes of at least 4 members (excludes halogenated alkanes) is 1. The molecule has 0 aromatic heterocycles. The van der Waals surface area contributed by atoms with E-state index in [0.717, 1.165) is 43.2 Å². The first-order valence-electron chi connectivity index (χ1n) is 21.7. The fourth-order valence-electron chi connectivity index (χ4n) is 7.54. The molecule has 0 radical (unpaired) electrons. The molecular weight excluding hydrogens is 887 g/mol. The predicted octanol–water partition coefficient (Wildman–Crippen LogP) is 15.1. The number of fused-ring (bicyclic) bond motifs is 4. The van der Waals surface area contributed by atoms with Crippen LogP contribution in [0.3, 0.4) is 0 Å². The normalized spacial score (nSPS) is 11.2. The van der Waals surface area contributed by atoms with E-state index >= 15 is 0 Å². The minimum absolute atomic E-state index is 0.227. The molecule has 0 unspecified atom stereocenters. The van der Waals surface area contributed by atoms with E-state index in [4.69, 9.17) is 0 Å². The molecule has 300 valence electrons. The van der Waals surface area contributed by atoms with Gasteiger partial charge in [0.25, 0.3) is 0 Å². The largest absolute Gasteiger partial charge is 0.176 e. The van der Waals surface area contributed by atoms with Gasteiger partial charge in [0.05, 0.1) is 0 Å². The van der Waals surface area contributed by atoms with Gasteiger partial charge in [0, 0.05) is 0 Å². The standard InChI is InChI=1S/C21H26.C15H13.C14H14.C9H7.Hf/c1-5-6-7-17-8-10-18(11-9-17)16-19-12-14-20(15-13-19)21(2,3)4;1-10-3-5-14-12(7-10)9-13-8-11(2)4-6-15(13)14;1-3-7-13(8-4-1)11-12-14-9-5-2-6-10-14;1-2-5-9-7-3-6-8(9)4-1;/h8-15H,5-7H2,1-4H3;3-7H,9H2,1-2H3;1-10H,11-12H2;1-7H;/q;-1;;-1;+2. The Hall–Kier alpha value is -5.11. The van der Waals surface area contributed by atoms with Gasteiger partial charge in [-0.1, -0.05) is 103 Å².